The maximum absolute atomic E-state index is 4.32. The second kappa shape index (κ2) is 6.31. The van der Waals surface area contributed by atoms with Crippen LogP contribution in [0.1, 0.15) is 37.6 Å². The van der Waals surface area contributed by atoms with Gasteiger partial charge in [-0.05, 0) is 37.1 Å². The molecular weight excluding hydrogens is 224 g/mol. The highest BCUT2D eigenvalue weighted by Gasteiger charge is 2.06. The first-order valence-corrected chi connectivity index (χ1v) is 6.45. The highest BCUT2D eigenvalue weighted by molar-refractivity contribution is 5.14. The first kappa shape index (κ1) is 12.8. The maximum Gasteiger partial charge on any atom is 0.0522 e. The second-order valence-corrected chi connectivity index (χ2v) is 4.43. The van der Waals surface area contributed by atoms with E-state index in [9.17, 15) is 0 Å². The molecule has 0 unspecified atom stereocenters. The second-order valence-electron chi connectivity index (χ2n) is 4.43. The molecule has 4 nitrogen and oxygen atoms in total. The molecule has 0 aromatic carbocycles. The maximum atomic E-state index is 4.32. The summed E-state index contributed by atoms with van der Waals surface area (Å²) in [4.78, 5) is 4.03. The van der Waals surface area contributed by atoms with Crippen molar-refractivity contribution >= 4 is 0 Å². The molecule has 0 aliphatic heterocycles. The van der Waals surface area contributed by atoms with Crippen LogP contribution in [0.4, 0.5) is 0 Å². The van der Waals surface area contributed by atoms with Crippen LogP contribution in [0.2, 0.25) is 0 Å². The summed E-state index contributed by atoms with van der Waals surface area (Å²) in [6.07, 6.45) is 6.63. The van der Waals surface area contributed by atoms with Crippen LogP contribution in [0.3, 0.4) is 0 Å². The van der Waals surface area contributed by atoms with Gasteiger partial charge in [-0.3, -0.25) is 9.67 Å². The number of rotatable bonds is 6. The fourth-order valence-corrected chi connectivity index (χ4v) is 1.95. The first-order chi connectivity index (χ1) is 8.81. The van der Waals surface area contributed by atoms with Gasteiger partial charge in [-0.2, -0.15) is 5.10 Å². The minimum absolute atomic E-state index is 0.318. The van der Waals surface area contributed by atoms with Crippen LogP contribution < -0.4 is 5.32 Å². The van der Waals surface area contributed by atoms with E-state index >= 15 is 0 Å². The number of hydrogen-bond acceptors (Lipinski definition) is 3. The van der Waals surface area contributed by atoms with E-state index in [4.69, 9.17) is 0 Å². The Hall–Kier alpha value is -1.68. The molecule has 0 bridgehead atoms. The van der Waals surface area contributed by atoms with Crippen LogP contribution >= 0.6 is 0 Å². The summed E-state index contributed by atoms with van der Waals surface area (Å²) in [6.45, 7) is 6.14. The minimum Gasteiger partial charge on any atom is -0.305 e. The lowest BCUT2D eigenvalue weighted by molar-refractivity contribution is 0.516. The quantitative estimate of drug-likeness (QED) is 0.849. The summed E-state index contributed by atoms with van der Waals surface area (Å²) in [7, 11) is 0. The van der Waals surface area contributed by atoms with E-state index < -0.39 is 0 Å². The van der Waals surface area contributed by atoms with Crippen LogP contribution in [0.15, 0.2) is 36.8 Å². The van der Waals surface area contributed by atoms with E-state index in [0.717, 1.165) is 19.5 Å². The van der Waals surface area contributed by atoms with Gasteiger partial charge in [-0.25, -0.2) is 0 Å². The molecule has 96 valence electrons. The number of nitrogens with zero attached hydrogens (tertiary/aromatic N) is 3. The summed E-state index contributed by atoms with van der Waals surface area (Å²) in [6, 6.07) is 6.47. The lowest BCUT2D eigenvalue weighted by atomic mass is 10.1. The molecule has 0 saturated heterocycles. The topological polar surface area (TPSA) is 42.7 Å². The third-order valence-corrected chi connectivity index (χ3v) is 3.04. The lowest BCUT2D eigenvalue weighted by Gasteiger charge is -2.14. The molecule has 0 fully saturated rings. The van der Waals surface area contributed by atoms with Crippen LogP contribution in [0, 0.1) is 0 Å². The number of aryl methyl sites for hydroxylation is 1. The molecule has 2 aromatic heterocycles. The molecule has 1 atom stereocenters. The molecule has 0 spiro atoms. The van der Waals surface area contributed by atoms with Crippen LogP contribution in [-0.4, -0.2) is 14.8 Å². The van der Waals surface area contributed by atoms with Gasteiger partial charge in [0.25, 0.3) is 0 Å². The summed E-state index contributed by atoms with van der Waals surface area (Å²) in [5.74, 6) is 0. The van der Waals surface area contributed by atoms with Gasteiger partial charge in [0.2, 0.25) is 0 Å². The molecule has 0 aliphatic rings. The van der Waals surface area contributed by atoms with E-state index in [1.165, 1.54) is 11.3 Å². The van der Waals surface area contributed by atoms with Crippen LogP contribution in [0.25, 0.3) is 0 Å². The molecule has 2 heterocycles. The van der Waals surface area contributed by atoms with Crippen LogP contribution in [-0.2, 0) is 13.1 Å². The molecular formula is C14H20N4. The van der Waals surface area contributed by atoms with Crippen molar-refractivity contribution in [1.82, 2.24) is 20.1 Å². The Morgan fingerprint density at radius 3 is 2.72 bits per heavy atom. The Bertz CT molecular complexity index is 464. The zero-order valence-corrected chi connectivity index (χ0v) is 11.0. The van der Waals surface area contributed by atoms with Crippen molar-refractivity contribution in [3.05, 3.63) is 48.0 Å². The third-order valence-electron chi connectivity index (χ3n) is 3.04. The highest BCUT2D eigenvalue weighted by Crippen LogP contribution is 2.11. The summed E-state index contributed by atoms with van der Waals surface area (Å²) in [5, 5.41) is 7.83. The van der Waals surface area contributed by atoms with Gasteiger partial charge >= 0.3 is 0 Å². The van der Waals surface area contributed by atoms with Gasteiger partial charge < -0.3 is 5.32 Å². The number of nitrogens with one attached hydrogen (secondary N) is 1. The fraction of sp³-hybridized carbons (Fsp3) is 0.429. The molecule has 0 saturated carbocycles. The van der Waals surface area contributed by atoms with Crippen LogP contribution in [0.5, 0.6) is 0 Å². The van der Waals surface area contributed by atoms with Crippen molar-refractivity contribution in [2.45, 2.75) is 39.4 Å². The molecule has 0 amide bonds. The summed E-state index contributed by atoms with van der Waals surface area (Å²) >= 11 is 0. The van der Waals surface area contributed by atoms with Gasteiger partial charge in [-0.15, -0.1) is 0 Å². The van der Waals surface area contributed by atoms with E-state index in [0.29, 0.717) is 6.04 Å². The highest BCUT2D eigenvalue weighted by atomic mass is 15.3. The molecule has 18 heavy (non-hydrogen) atoms. The standard InChI is InChI=1S/C14H20N4/c1-3-10-18-14(6-9-17-18)11-16-12(2)13-4-7-15-8-5-13/h4-9,12,16H,3,10-11H2,1-2H3/t12-/m1/s1. The Labute approximate surface area is 108 Å². The van der Waals surface area contributed by atoms with Gasteiger partial charge in [0.05, 0.1) is 5.69 Å². The summed E-state index contributed by atoms with van der Waals surface area (Å²) in [5.41, 5.74) is 2.49. The minimum atomic E-state index is 0.318. The molecule has 1 N–H and O–H groups in total. The average molecular weight is 244 g/mol. The van der Waals surface area contributed by atoms with Crippen molar-refractivity contribution in [3.8, 4) is 0 Å². The predicted molar refractivity (Wildman–Crippen MR) is 72.0 cm³/mol. The van der Waals surface area contributed by atoms with Gasteiger partial charge in [0, 0.05) is 37.7 Å². The van der Waals surface area contributed by atoms with Gasteiger partial charge in [-0.1, -0.05) is 6.92 Å². The van der Waals surface area contributed by atoms with E-state index in [-0.39, 0.29) is 0 Å². The van der Waals surface area contributed by atoms with E-state index in [1.807, 2.05) is 30.7 Å². The Morgan fingerprint density at radius 1 is 1.22 bits per heavy atom. The number of pyridine rings is 1. The Kier molecular flexibility index (Phi) is 4.47. The zero-order valence-electron chi connectivity index (χ0n) is 11.0. The third kappa shape index (κ3) is 3.17. The fourth-order valence-electron chi connectivity index (χ4n) is 1.95. The van der Waals surface area contributed by atoms with Crippen molar-refractivity contribution in [2.24, 2.45) is 0 Å². The molecule has 0 aliphatic carbocycles. The van der Waals surface area contributed by atoms with Crippen molar-refractivity contribution in [1.29, 1.82) is 0 Å². The normalized spacial score (nSPS) is 12.6. The molecule has 2 rings (SSSR count). The zero-order chi connectivity index (χ0) is 12.8. The smallest absolute Gasteiger partial charge is 0.0522 e. The number of aromatic nitrogens is 3. The first-order valence-electron chi connectivity index (χ1n) is 6.45. The molecule has 2 aromatic rings. The van der Waals surface area contributed by atoms with Gasteiger partial charge in [0.1, 0.15) is 0 Å². The van der Waals surface area contributed by atoms with Gasteiger partial charge in [0.15, 0.2) is 0 Å². The van der Waals surface area contributed by atoms with Crippen molar-refractivity contribution in [2.75, 3.05) is 0 Å². The monoisotopic (exact) mass is 244 g/mol. The lowest BCUT2D eigenvalue weighted by Crippen LogP contribution is -2.20. The van der Waals surface area contributed by atoms with E-state index in [2.05, 4.69) is 40.0 Å². The molecule has 4 heteroatoms. The Morgan fingerprint density at radius 2 is 2.00 bits per heavy atom. The SMILES string of the molecule is CCCn1nccc1CN[C@H](C)c1ccncc1. The van der Waals surface area contributed by atoms with E-state index in [1.54, 1.807) is 0 Å². The predicted octanol–water partition coefficient (Wildman–Crippen LogP) is 2.54. The van der Waals surface area contributed by atoms with Crippen molar-refractivity contribution < 1.29 is 0 Å². The molecule has 0 radical (unpaired) electrons. The summed E-state index contributed by atoms with van der Waals surface area (Å²) < 4.78 is 2.06. The largest absolute Gasteiger partial charge is 0.305 e. The van der Waals surface area contributed by atoms with Crippen molar-refractivity contribution in [3.63, 3.8) is 0 Å². The Balaban J connectivity index is 1.93. The number of hydrogen-bond donors (Lipinski definition) is 1. The average Bonchev–Trinajstić information content (AvgIpc) is 2.85.